The smallest absolute Gasteiger partial charge is 0.0408 e. The van der Waals surface area contributed by atoms with Gasteiger partial charge in [-0.1, -0.05) is 24.6 Å². The molecule has 0 radical (unpaired) electrons. The average molecular weight is 279 g/mol. The van der Waals surface area contributed by atoms with Crippen molar-refractivity contribution in [2.24, 2.45) is 0 Å². The Morgan fingerprint density at radius 1 is 1.26 bits per heavy atom. The second kappa shape index (κ2) is 5.82. The summed E-state index contributed by atoms with van der Waals surface area (Å²) in [5, 5.41) is 4.58. The summed E-state index contributed by atoms with van der Waals surface area (Å²) >= 11 is 6.05. The number of rotatable bonds is 6. The molecular weight excluding hydrogens is 256 g/mol. The molecule has 3 heteroatoms. The van der Waals surface area contributed by atoms with Gasteiger partial charge in [0.25, 0.3) is 0 Å². The molecule has 1 atom stereocenters. The molecule has 3 rings (SSSR count). The molecule has 1 fully saturated rings. The summed E-state index contributed by atoms with van der Waals surface area (Å²) in [6, 6.07) is 7.80. The van der Waals surface area contributed by atoms with Gasteiger partial charge in [0, 0.05) is 30.2 Å². The van der Waals surface area contributed by atoms with Crippen molar-refractivity contribution >= 4 is 11.6 Å². The van der Waals surface area contributed by atoms with Crippen molar-refractivity contribution in [2.45, 2.75) is 44.7 Å². The average Bonchev–Trinajstić information content (AvgIpc) is 3.15. The van der Waals surface area contributed by atoms with Crippen molar-refractivity contribution in [2.75, 3.05) is 19.6 Å². The van der Waals surface area contributed by atoms with Crippen molar-refractivity contribution in [3.8, 4) is 0 Å². The zero-order chi connectivity index (χ0) is 13.2. The van der Waals surface area contributed by atoms with Crippen molar-refractivity contribution in [3.05, 3.63) is 34.3 Å². The predicted molar refractivity (Wildman–Crippen MR) is 80.9 cm³/mol. The van der Waals surface area contributed by atoms with Crippen LogP contribution in [0.5, 0.6) is 0 Å². The maximum atomic E-state index is 6.05. The summed E-state index contributed by atoms with van der Waals surface area (Å²) in [5.74, 6) is 0. The van der Waals surface area contributed by atoms with Gasteiger partial charge in [-0.2, -0.15) is 0 Å². The zero-order valence-electron chi connectivity index (χ0n) is 11.7. The van der Waals surface area contributed by atoms with Crippen LogP contribution >= 0.6 is 11.6 Å². The van der Waals surface area contributed by atoms with Crippen LogP contribution in [0.2, 0.25) is 5.02 Å². The molecule has 1 aromatic carbocycles. The number of hydrogen-bond acceptors (Lipinski definition) is 2. The van der Waals surface area contributed by atoms with Gasteiger partial charge in [0.2, 0.25) is 0 Å². The van der Waals surface area contributed by atoms with Crippen LogP contribution in [0.1, 0.15) is 30.9 Å². The van der Waals surface area contributed by atoms with Crippen LogP contribution in [0.15, 0.2) is 18.2 Å². The summed E-state index contributed by atoms with van der Waals surface area (Å²) in [7, 11) is 0. The monoisotopic (exact) mass is 278 g/mol. The van der Waals surface area contributed by atoms with Crippen LogP contribution in [0.3, 0.4) is 0 Å². The van der Waals surface area contributed by atoms with Gasteiger partial charge in [0.1, 0.15) is 0 Å². The van der Waals surface area contributed by atoms with Gasteiger partial charge in [-0.15, -0.1) is 0 Å². The highest BCUT2D eigenvalue weighted by molar-refractivity contribution is 6.30. The summed E-state index contributed by atoms with van der Waals surface area (Å²) in [6.07, 6.45) is 5.09. The van der Waals surface area contributed by atoms with Gasteiger partial charge in [-0.05, 0) is 55.5 Å². The zero-order valence-corrected chi connectivity index (χ0v) is 12.4. The third kappa shape index (κ3) is 3.31. The number of nitrogens with zero attached hydrogens (tertiary/aromatic N) is 1. The summed E-state index contributed by atoms with van der Waals surface area (Å²) in [5.41, 5.74) is 2.90. The number of benzene rings is 1. The maximum absolute atomic E-state index is 6.05. The van der Waals surface area contributed by atoms with Crippen LogP contribution in [0.4, 0.5) is 0 Å². The van der Waals surface area contributed by atoms with E-state index >= 15 is 0 Å². The number of likely N-dealkylation sites (N-methyl/N-ethyl adjacent to an activating group) is 1. The molecule has 0 aliphatic heterocycles. The largest absolute Gasteiger partial charge is 0.312 e. The lowest BCUT2D eigenvalue weighted by atomic mass is 10.1. The Morgan fingerprint density at radius 2 is 2.05 bits per heavy atom. The molecule has 0 aromatic heterocycles. The third-order valence-electron chi connectivity index (χ3n) is 4.40. The van der Waals surface area contributed by atoms with Gasteiger partial charge >= 0.3 is 0 Å². The Labute approximate surface area is 121 Å². The van der Waals surface area contributed by atoms with E-state index in [1.807, 2.05) is 6.07 Å². The molecular formula is C16H23ClN2. The molecule has 0 amide bonds. The van der Waals surface area contributed by atoms with E-state index < -0.39 is 0 Å². The molecule has 1 aromatic rings. The minimum atomic E-state index is 0.603. The van der Waals surface area contributed by atoms with Crippen molar-refractivity contribution in [1.29, 1.82) is 0 Å². The van der Waals surface area contributed by atoms with E-state index in [0.717, 1.165) is 30.5 Å². The Kier molecular flexibility index (Phi) is 4.11. The molecule has 1 N–H and O–H groups in total. The number of fused-ring (bicyclic) bond motifs is 1. The third-order valence-corrected chi connectivity index (χ3v) is 4.64. The quantitative estimate of drug-likeness (QED) is 0.861. The molecule has 1 unspecified atom stereocenters. The topological polar surface area (TPSA) is 15.3 Å². The van der Waals surface area contributed by atoms with E-state index in [1.165, 1.54) is 37.1 Å². The van der Waals surface area contributed by atoms with Crippen molar-refractivity contribution in [1.82, 2.24) is 10.2 Å². The maximum Gasteiger partial charge on any atom is 0.0408 e. The van der Waals surface area contributed by atoms with Crippen molar-refractivity contribution < 1.29 is 0 Å². The minimum Gasteiger partial charge on any atom is -0.312 e. The highest BCUT2D eigenvalue weighted by Crippen LogP contribution is 2.27. The molecule has 2 aliphatic rings. The van der Waals surface area contributed by atoms with E-state index in [-0.39, 0.29) is 0 Å². The molecule has 104 valence electrons. The fourth-order valence-electron chi connectivity index (χ4n) is 3.18. The summed E-state index contributed by atoms with van der Waals surface area (Å²) < 4.78 is 0. The van der Waals surface area contributed by atoms with Crippen LogP contribution in [0.25, 0.3) is 0 Å². The van der Waals surface area contributed by atoms with E-state index in [0.29, 0.717) is 6.04 Å². The first-order valence-electron chi connectivity index (χ1n) is 7.51. The van der Waals surface area contributed by atoms with Gasteiger partial charge in [0.15, 0.2) is 0 Å². The van der Waals surface area contributed by atoms with E-state index in [2.05, 4.69) is 29.3 Å². The molecule has 2 nitrogen and oxygen atoms in total. The number of hydrogen-bond donors (Lipinski definition) is 1. The molecule has 0 saturated heterocycles. The lowest BCUT2D eigenvalue weighted by Gasteiger charge is -2.21. The molecule has 1 saturated carbocycles. The van der Waals surface area contributed by atoms with E-state index in [4.69, 9.17) is 11.6 Å². The second-order valence-corrected chi connectivity index (χ2v) is 6.27. The van der Waals surface area contributed by atoms with E-state index in [1.54, 1.807) is 0 Å². The number of halogens is 1. The molecule has 19 heavy (non-hydrogen) atoms. The normalized spacial score (nSPS) is 21.9. The SMILES string of the molecule is CCN(CCNC1Cc2ccc(Cl)cc2C1)C1CC1. The van der Waals surface area contributed by atoms with Crippen molar-refractivity contribution in [3.63, 3.8) is 0 Å². The minimum absolute atomic E-state index is 0.603. The highest BCUT2D eigenvalue weighted by atomic mass is 35.5. The lowest BCUT2D eigenvalue weighted by molar-refractivity contribution is 0.272. The highest BCUT2D eigenvalue weighted by Gasteiger charge is 2.27. The Hall–Kier alpha value is -0.570. The fraction of sp³-hybridized carbons (Fsp3) is 0.625. The summed E-state index contributed by atoms with van der Waals surface area (Å²) in [4.78, 5) is 2.60. The van der Waals surface area contributed by atoms with Gasteiger partial charge < -0.3 is 5.32 Å². The lowest BCUT2D eigenvalue weighted by Crippen LogP contribution is -2.38. The van der Waals surface area contributed by atoms with Crippen LogP contribution in [-0.2, 0) is 12.8 Å². The van der Waals surface area contributed by atoms with Crippen LogP contribution in [0, 0.1) is 0 Å². The second-order valence-electron chi connectivity index (χ2n) is 5.83. The number of nitrogens with one attached hydrogen (secondary N) is 1. The molecule has 0 spiro atoms. The molecule has 2 aliphatic carbocycles. The predicted octanol–water partition coefficient (Wildman–Crippen LogP) is 2.88. The first-order chi connectivity index (χ1) is 9.26. The first-order valence-corrected chi connectivity index (χ1v) is 7.89. The van der Waals surface area contributed by atoms with Gasteiger partial charge in [-0.3, -0.25) is 4.90 Å². The standard InChI is InChI=1S/C16H23ClN2/c1-2-19(16-5-6-16)8-7-18-15-10-12-3-4-14(17)9-13(12)11-15/h3-4,9,15-16,18H,2,5-8,10-11H2,1H3. The Bertz CT molecular complexity index is 442. The Morgan fingerprint density at radius 3 is 2.79 bits per heavy atom. The van der Waals surface area contributed by atoms with E-state index in [9.17, 15) is 0 Å². The fourth-order valence-corrected chi connectivity index (χ4v) is 3.38. The van der Waals surface area contributed by atoms with Crippen LogP contribution in [-0.4, -0.2) is 36.6 Å². The van der Waals surface area contributed by atoms with Gasteiger partial charge in [0.05, 0.1) is 0 Å². The Balaban J connectivity index is 1.45. The first kappa shape index (κ1) is 13.4. The summed E-state index contributed by atoms with van der Waals surface area (Å²) in [6.45, 7) is 5.75. The molecule has 0 bridgehead atoms. The molecule has 0 heterocycles. The van der Waals surface area contributed by atoms with Crippen LogP contribution < -0.4 is 5.32 Å². The van der Waals surface area contributed by atoms with Gasteiger partial charge in [-0.25, -0.2) is 0 Å².